The summed E-state index contributed by atoms with van der Waals surface area (Å²) >= 11 is 9.14. The third-order valence-electron chi connectivity index (χ3n) is 3.49. The van der Waals surface area contributed by atoms with Crippen molar-refractivity contribution < 1.29 is 14.4 Å². The van der Waals surface area contributed by atoms with Crippen molar-refractivity contribution in [1.82, 2.24) is 5.32 Å². The molecule has 1 fully saturated rings. The van der Waals surface area contributed by atoms with Crippen LogP contribution in [0.5, 0.6) is 0 Å². The van der Waals surface area contributed by atoms with E-state index in [1.54, 1.807) is 36.4 Å². The largest absolute Gasteiger partial charge is 0.335 e. The lowest BCUT2D eigenvalue weighted by molar-refractivity contribution is -0.131. The SMILES string of the molecule is O=C1NC(=O)N(c2ccc(Cl)cc2)C(=O)[C@@H]1C=Nc1ccc(Br)cc1. The summed E-state index contributed by atoms with van der Waals surface area (Å²) in [6.07, 6.45) is 1.23. The van der Waals surface area contributed by atoms with Crippen LogP contribution in [0, 0.1) is 5.92 Å². The van der Waals surface area contributed by atoms with Gasteiger partial charge in [-0.2, -0.15) is 0 Å². The Kier molecular flexibility index (Phi) is 4.96. The van der Waals surface area contributed by atoms with Crippen LogP contribution in [0.1, 0.15) is 0 Å². The lowest BCUT2D eigenvalue weighted by Gasteiger charge is -2.28. The highest BCUT2D eigenvalue weighted by molar-refractivity contribution is 9.10. The smallest absolute Gasteiger partial charge is 0.276 e. The highest BCUT2D eigenvalue weighted by Crippen LogP contribution is 2.23. The molecule has 4 amide bonds. The second-order valence-corrected chi connectivity index (χ2v) is 6.53. The summed E-state index contributed by atoms with van der Waals surface area (Å²) in [7, 11) is 0. The van der Waals surface area contributed by atoms with Crippen LogP contribution in [0.3, 0.4) is 0 Å². The standard InChI is InChI=1S/C17H11BrClN3O3/c18-10-1-5-12(6-2-10)20-9-14-15(23)21-17(25)22(16(14)24)13-7-3-11(19)4-8-13/h1-9,14H,(H,21,23,25)/t14-/m1/s1. The van der Waals surface area contributed by atoms with E-state index in [-0.39, 0.29) is 0 Å². The molecule has 2 aromatic rings. The lowest BCUT2D eigenvalue weighted by Crippen LogP contribution is -2.58. The molecule has 1 aliphatic rings. The maximum absolute atomic E-state index is 12.6. The van der Waals surface area contributed by atoms with Crippen LogP contribution in [-0.4, -0.2) is 24.1 Å². The number of aliphatic imine (C=N–C) groups is 1. The van der Waals surface area contributed by atoms with E-state index < -0.39 is 23.8 Å². The van der Waals surface area contributed by atoms with Crippen molar-refractivity contribution in [2.45, 2.75) is 0 Å². The van der Waals surface area contributed by atoms with Gasteiger partial charge < -0.3 is 0 Å². The molecule has 126 valence electrons. The molecule has 6 nitrogen and oxygen atoms in total. The Morgan fingerprint density at radius 2 is 1.68 bits per heavy atom. The first kappa shape index (κ1) is 17.3. The highest BCUT2D eigenvalue weighted by Gasteiger charge is 2.40. The number of rotatable bonds is 3. The summed E-state index contributed by atoms with van der Waals surface area (Å²) in [6.45, 7) is 0. The van der Waals surface area contributed by atoms with Gasteiger partial charge in [0.2, 0.25) is 5.91 Å². The fourth-order valence-electron chi connectivity index (χ4n) is 2.24. The Morgan fingerprint density at radius 3 is 2.32 bits per heavy atom. The number of benzene rings is 2. The zero-order chi connectivity index (χ0) is 18.0. The van der Waals surface area contributed by atoms with Crippen molar-refractivity contribution in [3.05, 3.63) is 58.0 Å². The molecule has 0 radical (unpaired) electrons. The number of imide groups is 2. The quantitative estimate of drug-likeness (QED) is 0.607. The molecular formula is C17H11BrClN3O3. The monoisotopic (exact) mass is 419 g/mol. The van der Waals surface area contributed by atoms with Gasteiger partial charge in [-0.1, -0.05) is 27.5 Å². The molecule has 0 unspecified atom stereocenters. The topological polar surface area (TPSA) is 78.8 Å². The summed E-state index contributed by atoms with van der Waals surface area (Å²) in [4.78, 5) is 41.7. The predicted octanol–water partition coefficient (Wildman–Crippen LogP) is 3.70. The van der Waals surface area contributed by atoms with Crippen LogP contribution in [0.25, 0.3) is 0 Å². The average Bonchev–Trinajstić information content (AvgIpc) is 2.57. The zero-order valence-electron chi connectivity index (χ0n) is 12.6. The van der Waals surface area contributed by atoms with E-state index in [1.165, 1.54) is 18.3 Å². The molecule has 1 aliphatic heterocycles. The zero-order valence-corrected chi connectivity index (χ0v) is 15.0. The normalized spacial score (nSPS) is 17.9. The van der Waals surface area contributed by atoms with Crippen molar-refractivity contribution >= 4 is 63.0 Å². The van der Waals surface area contributed by atoms with E-state index in [0.29, 0.717) is 16.4 Å². The number of hydrogen-bond acceptors (Lipinski definition) is 4. The van der Waals surface area contributed by atoms with Crippen LogP contribution in [0.2, 0.25) is 5.02 Å². The van der Waals surface area contributed by atoms with Crippen LogP contribution in [-0.2, 0) is 9.59 Å². The van der Waals surface area contributed by atoms with Gasteiger partial charge in [0.1, 0.15) is 0 Å². The number of nitrogens with one attached hydrogen (secondary N) is 1. The van der Waals surface area contributed by atoms with Crippen molar-refractivity contribution in [1.29, 1.82) is 0 Å². The van der Waals surface area contributed by atoms with E-state index in [2.05, 4.69) is 26.2 Å². The first-order valence-electron chi connectivity index (χ1n) is 7.20. The highest BCUT2D eigenvalue weighted by atomic mass is 79.9. The van der Waals surface area contributed by atoms with Crippen molar-refractivity contribution in [2.24, 2.45) is 10.9 Å². The second kappa shape index (κ2) is 7.16. The Balaban J connectivity index is 1.87. The fraction of sp³-hybridized carbons (Fsp3) is 0.0588. The van der Waals surface area contributed by atoms with E-state index in [0.717, 1.165) is 9.37 Å². The van der Waals surface area contributed by atoms with Gasteiger partial charge in [-0.3, -0.25) is 19.9 Å². The number of hydrogen-bond donors (Lipinski definition) is 1. The summed E-state index contributed by atoms with van der Waals surface area (Å²) in [6, 6.07) is 12.4. The number of barbiturate groups is 1. The molecule has 1 atom stereocenters. The summed E-state index contributed by atoms with van der Waals surface area (Å²) < 4.78 is 0.887. The molecule has 1 N–H and O–H groups in total. The van der Waals surface area contributed by atoms with Crippen LogP contribution >= 0.6 is 27.5 Å². The number of carbonyl (C=O) groups excluding carboxylic acids is 3. The van der Waals surface area contributed by atoms with E-state index in [1.807, 2.05) is 0 Å². The van der Waals surface area contributed by atoms with Gasteiger partial charge in [-0.15, -0.1) is 0 Å². The fourth-order valence-corrected chi connectivity index (χ4v) is 2.63. The van der Waals surface area contributed by atoms with Gasteiger partial charge >= 0.3 is 6.03 Å². The molecule has 1 heterocycles. The number of amides is 4. The molecule has 0 saturated carbocycles. The Bertz CT molecular complexity index is 866. The maximum atomic E-state index is 12.6. The number of carbonyl (C=O) groups is 3. The molecule has 1 saturated heterocycles. The molecule has 0 bridgehead atoms. The minimum absolute atomic E-state index is 0.321. The molecule has 3 rings (SSSR count). The Morgan fingerprint density at radius 1 is 1.04 bits per heavy atom. The Labute approximate surface area is 156 Å². The Hall–Kier alpha value is -2.51. The summed E-state index contributed by atoms with van der Waals surface area (Å²) in [5, 5.41) is 2.63. The van der Waals surface area contributed by atoms with Gasteiger partial charge in [0.05, 0.1) is 11.4 Å². The van der Waals surface area contributed by atoms with Gasteiger partial charge in [0.15, 0.2) is 5.92 Å². The number of nitrogens with zero attached hydrogens (tertiary/aromatic N) is 2. The predicted molar refractivity (Wildman–Crippen MR) is 98.3 cm³/mol. The second-order valence-electron chi connectivity index (χ2n) is 5.18. The summed E-state index contributed by atoms with van der Waals surface area (Å²) in [5.74, 6) is -2.57. The molecular weight excluding hydrogens is 410 g/mol. The third-order valence-corrected chi connectivity index (χ3v) is 4.27. The van der Waals surface area contributed by atoms with E-state index >= 15 is 0 Å². The van der Waals surface area contributed by atoms with Crippen LogP contribution in [0.15, 0.2) is 58.0 Å². The van der Waals surface area contributed by atoms with E-state index in [4.69, 9.17) is 11.6 Å². The van der Waals surface area contributed by atoms with Crippen molar-refractivity contribution in [3.8, 4) is 0 Å². The number of urea groups is 1. The first-order chi connectivity index (χ1) is 12.0. The minimum Gasteiger partial charge on any atom is -0.276 e. The lowest BCUT2D eigenvalue weighted by atomic mass is 10.1. The minimum atomic E-state index is -1.20. The van der Waals surface area contributed by atoms with Crippen molar-refractivity contribution in [3.63, 3.8) is 0 Å². The molecule has 2 aromatic carbocycles. The number of halogens is 2. The van der Waals surface area contributed by atoms with Gasteiger partial charge in [0.25, 0.3) is 5.91 Å². The molecule has 0 aromatic heterocycles. The first-order valence-corrected chi connectivity index (χ1v) is 8.37. The van der Waals surface area contributed by atoms with Gasteiger partial charge in [-0.25, -0.2) is 9.69 Å². The van der Waals surface area contributed by atoms with Crippen molar-refractivity contribution in [2.75, 3.05) is 4.90 Å². The molecule has 8 heteroatoms. The third kappa shape index (κ3) is 3.78. The maximum Gasteiger partial charge on any atom is 0.335 e. The van der Waals surface area contributed by atoms with Gasteiger partial charge in [-0.05, 0) is 48.5 Å². The average molecular weight is 421 g/mol. The van der Waals surface area contributed by atoms with Gasteiger partial charge in [0, 0.05) is 15.7 Å². The molecule has 0 aliphatic carbocycles. The molecule has 0 spiro atoms. The number of anilines is 1. The van der Waals surface area contributed by atoms with Crippen LogP contribution in [0.4, 0.5) is 16.2 Å². The van der Waals surface area contributed by atoms with Crippen LogP contribution < -0.4 is 10.2 Å². The summed E-state index contributed by atoms with van der Waals surface area (Å²) in [5.41, 5.74) is 0.903. The molecule has 25 heavy (non-hydrogen) atoms. The van der Waals surface area contributed by atoms with E-state index in [9.17, 15) is 14.4 Å².